The molecule has 0 atom stereocenters. The van der Waals surface area contributed by atoms with Gasteiger partial charge in [0, 0.05) is 67.2 Å². The number of para-hydroxylation sites is 11. The molecule has 1 aliphatic carbocycles. The lowest BCUT2D eigenvalue weighted by atomic mass is 9.72. The Morgan fingerprint density at radius 1 is 0.223 bits per heavy atom. The van der Waals surface area contributed by atoms with Crippen molar-refractivity contribution in [3.8, 4) is 11.1 Å². The van der Waals surface area contributed by atoms with Gasteiger partial charge in [-0.25, -0.2) is 8.42 Å². The highest BCUT2D eigenvalue weighted by Crippen LogP contribution is 2.59. The first-order chi connectivity index (χ1) is 50.2. The zero-order chi connectivity index (χ0) is 69.6. The smallest absolute Gasteiger partial charge is 0.206 e. The SMILES string of the molecule is CC1(C)c2ccccc2N(c2ccc3c(c2)C(=O)c2ccc(N4c5ccccc5C(C)(C)c5cc(-c6ccc7c(c6)N(c6ccccc6)c6ccccc6N7c6ccc(S(=O)(=O)c7ccc(N8c9ccccc9N(c9ccccc9)c9ccccc98)cc7)cc6)ccc54)cc2C3=O)c2ccccc21. The van der Waals surface area contributed by atoms with E-state index >= 15 is 4.79 Å². The van der Waals surface area contributed by atoms with E-state index in [1.807, 2.05) is 115 Å². The molecule has 103 heavy (non-hydrogen) atoms. The van der Waals surface area contributed by atoms with Gasteiger partial charge >= 0.3 is 0 Å². The summed E-state index contributed by atoms with van der Waals surface area (Å²) in [6.45, 7) is 9.05. The standard InChI is InChI=1S/C92H66N6O4S/c1-91(2)73-27-11-14-30-77(73)97(78-31-15-12-28-74(78)91)65-45-51-69-71(57-65)89(99)70-52-46-66(58-72(70)90(69)100)98-79-32-16-13-29-75(79)92(3,4)76-55-59(39-53-80(76)98)60-40-54-87-88(56-60)96(62-25-9-6-10-26-62)86-38-22-21-37-85(86)95(87)64-43-49-68(50-44-64)103(101,102)67-47-41-63(42-48-67)94-83-35-19-17-33-81(83)93(61-23-7-5-8-24-61)82-34-18-20-36-84(82)94/h5-58H,1-4H3. The van der Waals surface area contributed by atoms with Crippen LogP contribution in [0.3, 0.4) is 0 Å². The largest absolute Gasteiger partial charge is 0.310 e. The number of fused-ring (bicyclic) bond motifs is 10. The molecule has 0 aromatic heterocycles. The van der Waals surface area contributed by atoms with Gasteiger partial charge in [0.1, 0.15) is 0 Å². The molecule has 5 aliphatic rings. The number of hydrogen-bond donors (Lipinski definition) is 0. The van der Waals surface area contributed by atoms with Crippen molar-refractivity contribution in [3.05, 3.63) is 372 Å². The number of ketones is 2. The number of carbonyl (C=O) groups excluding carboxylic acids is 2. The van der Waals surface area contributed by atoms with Crippen LogP contribution in [0.1, 0.15) is 81.8 Å². The normalized spacial score (nSPS) is 14.8. The molecule has 0 N–H and O–H groups in total. The maximum Gasteiger partial charge on any atom is 0.206 e. The third kappa shape index (κ3) is 9.35. The molecule has 10 nitrogen and oxygen atoms in total. The van der Waals surface area contributed by atoms with Gasteiger partial charge in [0.2, 0.25) is 9.84 Å². The van der Waals surface area contributed by atoms with Crippen molar-refractivity contribution in [2.45, 2.75) is 48.3 Å². The second-order valence-electron chi connectivity index (χ2n) is 28.0. The number of benzene rings is 14. The van der Waals surface area contributed by atoms with Gasteiger partial charge in [0.25, 0.3) is 0 Å². The zero-order valence-corrected chi connectivity index (χ0v) is 57.7. The molecule has 0 saturated carbocycles. The highest BCUT2D eigenvalue weighted by Gasteiger charge is 2.42. The molecule has 494 valence electrons. The number of carbonyl (C=O) groups is 2. The molecule has 0 radical (unpaired) electrons. The van der Waals surface area contributed by atoms with Crippen LogP contribution >= 0.6 is 0 Å². The molecule has 0 spiro atoms. The topological polar surface area (TPSA) is 87.7 Å². The summed E-state index contributed by atoms with van der Waals surface area (Å²) in [5.41, 5.74) is 24.4. The van der Waals surface area contributed by atoms with E-state index in [0.717, 1.165) is 125 Å². The minimum atomic E-state index is -3.97. The number of hydrogen-bond acceptors (Lipinski definition) is 10. The summed E-state index contributed by atoms with van der Waals surface area (Å²) >= 11 is 0. The summed E-state index contributed by atoms with van der Waals surface area (Å²) in [6, 6.07) is 110. The quantitative estimate of drug-likeness (QED) is 0.139. The van der Waals surface area contributed by atoms with Crippen LogP contribution in [0.2, 0.25) is 0 Å². The van der Waals surface area contributed by atoms with E-state index in [-0.39, 0.29) is 26.8 Å². The molecule has 0 saturated heterocycles. The van der Waals surface area contributed by atoms with Crippen molar-refractivity contribution in [1.29, 1.82) is 0 Å². The van der Waals surface area contributed by atoms with E-state index < -0.39 is 15.3 Å². The first-order valence-corrected chi connectivity index (χ1v) is 36.3. The van der Waals surface area contributed by atoms with Crippen LogP contribution in [0.5, 0.6) is 0 Å². The zero-order valence-electron chi connectivity index (χ0n) is 56.9. The van der Waals surface area contributed by atoms with Crippen molar-refractivity contribution in [3.63, 3.8) is 0 Å². The van der Waals surface area contributed by atoms with E-state index in [2.05, 4.69) is 245 Å². The fourth-order valence-electron chi connectivity index (χ4n) is 16.6. The first kappa shape index (κ1) is 61.3. The monoisotopic (exact) mass is 1350 g/mol. The highest BCUT2D eigenvalue weighted by atomic mass is 32.2. The summed E-state index contributed by atoms with van der Waals surface area (Å²) in [5, 5.41) is 0. The summed E-state index contributed by atoms with van der Waals surface area (Å²) < 4.78 is 29.6. The van der Waals surface area contributed by atoms with Crippen LogP contribution in [0.15, 0.2) is 337 Å². The van der Waals surface area contributed by atoms with Crippen LogP contribution in [0.4, 0.5) is 102 Å². The Hall–Kier alpha value is -12.8. The Kier molecular flexibility index (Phi) is 13.8. The van der Waals surface area contributed by atoms with E-state index in [1.54, 1.807) is 24.3 Å². The molecule has 0 amide bonds. The van der Waals surface area contributed by atoms with Crippen molar-refractivity contribution < 1.29 is 18.0 Å². The minimum absolute atomic E-state index is 0.184. The lowest BCUT2D eigenvalue weighted by molar-refractivity contribution is 0.0979. The average molecular weight is 1350 g/mol. The second-order valence-corrected chi connectivity index (χ2v) is 29.9. The number of nitrogens with zero attached hydrogens (tertiary/aromatic N) is 6. The van der Waals surface area contributed by atoms with Crippen LogP contribution in [0, 0.1) is 0 Å². The molecular formula is C92H66N6O4S. The van der Waals surface area contributed by atoms with Gasteiger partial charge in [0.05, 0.1) is 78.0 Å². The summed E-state index contributed by atoms with van der Waals surface area (Å²) in [4.78, 5) is 43.9. The molecule has 19 rings (SSSR count). The van der Waals surface area contributed by atoms with Crippen molar-refractivity contribution in [1.82, 2.24) is 0 Å². The molecular weight excluding hydrogens is 1290 g/mol. The summed E-state index contributed by atoms with van der Waals surface area (Å²) in [5.74, 6) is -0.375. The average Bonchev–Trinajstić information content (AvgIpc) is 0.706. The molecule has 0 bridgehead atoms. The Balaban J connectivity index is 0.652. The molecule has 4 aliphatic heterocycles. The molecule has 14 aromatic carbocycles. The Morgan fingerprint density at radius 3 is 0.883 bits per heavy atom. The third-order valence-corrected chi connectivity index (χ3v) is 23.4. The summed E-state index contributed by atoms with van der Waals surface area (Å²) in [7, 11) is -3.97. The molecule has 14 aromatic rings. The summed E-state index contributed by atoms with van der Waals surface area (Å²) in [6.07, 6.45) is 0. The van der Waals surface area contributed by atoms with Gasteiger partial charge < -0.3 is 29.4 Å². The van der Waals surface area contributed by atoms with Crippen LogP contribution < -0.4 is 29.4 Å². The second kappa shape index (κ2) is 23.1. The Labute approximate surface area is 599 Å². The maximum atomic E-state index is 15.1. The predicted molar refractivity (Wildman–Crippen MR) is 417 cm³/mol. The minimum Gasteiger partial charge on any atom is -0.310 e. The van der Waals surface area contributed by atoms with Crippen molar-refractivity contribution >= 4 is 124 Å². The van der Waals surface area contributed by atoms with Gasteiger partial charge in [-0.2, -0.15) is 0 Å². The Bertz CT molecular complexity index is 5900. The Morgan fingerprint density at radius 2 is 0.495 bits per heavy atom. The van der Waals surface area contributed by atoms with Crippen molar-refractivity contribution in [2.75, 3.05) is 29.4 Å². The van der Waals surface area contributed by atoms with E-state index in [4.69, 9.17) is 0 Å². The van der Waals surface area contributed by atoms with Gasteiger partial charge in [0.15, 0.2) is 11.6 Å². The fourth-order valence-corrected chi connectivity index (χ4v) is 17.8. The van der Waals surface area contributed by atoms with Gasteiger partial charge in [-0.1, -0.05) is 167 Å². The van der Waals surface area contributed by atoms with Gasteiger partial charge in [-0.3, -0.25) is 9.59 Å². The molecule has 4 heterocycles. The third-order valence-electron chi connectivity index (χ3n) is 21.6. The molecule has 11 heteroatoms. The fraction of sp³-hybridized carbons (Fsp3) is 0.0652. The number of rotatable bonds is 9. The van der Waals surface area contributed by atoms with Crippen molar-refractivity contribution in [2.24, 2.45) is 0 Å². The maximum absolute atomic E-state index is 15.1. The van der Waals surface area contributed by atoms with E-state index in [9.17, 15) is 13.2 Å². The van der Waals surface area contributed by atoms with Crippen LogP contribution in [-0.2, 0) is 20.7 Å². The van der Waals surface area contributed by atoms with E-state index in [1.165, 1.54) is 11.1 Å². The molecule has 0 fully saturated rings. The van der Waals surface area contributed by atoms with Gasteiger partial charge in [-0.05, 0) is 221 Å². The molecule has 0 unspecified atom stereocenters. The van der Waals surface area contributed by atoms with Gasteiger partial charge in [-0.15, -0.1) is 0 Å². The lowest BCUT2D eigenvalue weighted by Gasteiger charge is -2.42. The lowest BCUT2D eigenvalue weighted by Crippen LogP contribution is -2.31. The predicted octanol–water partition coefficient (Wildman–Crippen LogP) is 23.7. The van der Waals surface area contributed by atoms with E-state index in [0.29, 0.717) is 22.3 Å². The van der Waals surface area contributed by atoms with Crippen LogP contribution in [-0.4, -0.2) is 20.0 Å². The number of sulfone groups is 1. The van der Waals surface area contributed by atoms with Crippen LogP contribution in [0.25, 0.3) is 11.1 Å². The first-order valence-electron chi connectivity index (χ1n) is 34.8. The highest BCUT2D eigenvalue weighted by molar-refractivity contribution is 7.91. The number of anilines is 18.